The summed E-state index contributed by atoms with van der Waals surface area (Å²) in [4.78, 5) is 15.2. The van der Waals surface area contributed by atoms with Crippen molar-refractivity contribution in [2.24, 2.45) is 0 Å². The fourth-order valence-electron chi connectivity index (χ4n) is 3.87. The number of esters is 1. The van der Waals surface area contributed by atoms with E-state index in [2.05, 4.69) is 55.8 Å². The summed E-state index contributed by atoms with van der Waals surface area (Å²) in [6, 6.07) is 16.3. The highest BCUT2D eigenvalue weighted by molar-refractivity contribution is 5.84. The summed E-state index contributed by atoms with van der Waals surface area (Å²) in [6.07, 6.45) is 14.4. The number of carbonyl (C=O) groups excluding carboxylic acids is 1. The first kappa shape index (κ1) is 22.4. The van der Waals surface area contributed by atoms with Crippen LogP contribution in [0.1, 0.15) is 36.8 Å². The number of ether oxygens (including phenoxy) is 1. The van der Waals surface area contributed by atoms with Gasteiger partial charge in [0.25, 0.3) is 0 Å². The molecule has 0 aliphatic carbocycles. The lowest BCUT2D eigenvalue weighted by molar-refractivity contribution is -0.144. The highest BCUT2D eigenvalue weighted by Crippen LogP contribution is 2.40. The van der Waals surface area contributed by atoms with Gasteiger partial charge in [-0.1, -0.05) is 78.9 Å². The van der Waals surface area contributed by atoms with Crippen molar-refractivity contribution in [1.82, 2.24) is 0 Å². The fraction of sp³-hybridized carbons (Fsp3) is 0.250. The van der Waals surface area contributed by atoms with Gasteiger partial charge in [-0.3, -0.25) is 4.79 Å². The van der Waals surface area contributed by atoms with Crippen molar-refractivity contribution in [3.63, 3.8) is 0 Å². The molecule has 0 spiro atoms. The summed E-state index contributed by atoms with van der Waals surface area (Å²) in [5, 5.41) is 0. The third kappa shape index (κ3) is 5.85. The molecular formula is C28H31NO2. The Morgan fingerprint density at radius 2 is 1.84 bits per heavy atom. The van der Waals surface area contributed by atoms with Crippen molar-refractivity contribution in [2.75, 3.05) is 18.6 Å². The highest BCUT2D eigenvalue weighted by atomic mass is 16.5. The molecule has 2 aromatic rings. The van der Waals surface area contributed by atoms with Crippen LogP contribution in [0.5, 0.6) is 0 Å². The van der Waals surface area contributed by atoms with Crippen molar-refractivity contribution in [2.45, 2.75) is 32.1 Å². The molecule has 160 valence electrons. The Hall–Kier alpha value is -3.33. The van der Waals surface area contributed by atoms with E-state index in [1.54, 1.807) is 6.08 Å². The zero-order valence-corrected chi connectivity index (χ0v) is 18.5. The van der Waals surface area contributed by atoms with Gasteiger partial charge in [-0.05, 0) is 55.5 Å². The standard InChI is InChI=1S/C28H31NO2/c1-4-5-6-7-14-22(2)15-12-13-20-31-28(30)25-21-23-16-8-10-18-26(23)29(3)27-19-11-9-17-24(25)27/h4-6,8-13,15-19,25H,1,7,14,20-21H2,2-3H3/b6-5?,13-12-,22-15-. The molecule has 3 nitrogen and oxygen atoms in total. The van der Waals surface area contributed by atoms with E-state index in [0.29, 0.717) is 6.42 Å². The molecule has 1 heterocycles. The van der Waals surface area contributed by atoms with E-state index in [9.17, 15) is 4.79 Å². The van der Waals surface area contributed by atoms with E-state index in [0.717, 1.165) is 35.3 Å². The molecule has 1 atom stereocenters. The maximum atomic E-state index is 13.0. The number of nitrogens with zero attached hydrogens (tertiary/aromatic N) is 1. The van der Waals surface area contributed by atoms with Gasteiger partial charge in [0.15, 0.2) is 0 Å². The first-order valence-corrected chi connectivity index (χ1v) is 10.8. The van der Waals surface area contributed by atoms with Crippen molar-refractivity contribution in [1.29, 1.82) is 0 Å². The number of hydrogen-bond donors (Lipinski definition) is 0. The fourth-order valence-corrected chi connectivity index (χ4v) is 3.87. The molecule has 2 aromatic carbocycles. The van der Waals surface area contributed by atoms with Crippen LogP contribution in [0.15, 0.2) is 97.1 Å². The van der Waals surface area contributed by atoms with E-state index in [4.69, 9.17) is 4.74 Å². The van der Waals surface area contributed by atoms with Gasteiger partial charge in [-0.25, -0.2) is 0 Å². The van der Waals surface area contributed by atoms with Crippen molar-refractivity contribution in [3.8, 4) is 0 Å². The van der Waals surface area contributed by atoms with Crippen LogP contribution < -0.4 is 4.90 Å². The third-order valence-corrected chi connectivity index (χ3v) is 5.55. The number of para-hydroxylation sites is 2. The molecule has 0 radical (unpaired) electrons. The average molecular weight is 414 g/mol. The molecule has 0 aromatic heterocycles. The number of carbonyl (C=O) groups is 1. The van der Waals surface area contributed by atoms with E-state index >= 15 is 0 Å². The molecule has 1 aliphatic rings. The van der Waals surface area contributed by atoms with Gasteiger partial charge in [-0.15, -0.1) is 0 Å². The highest BCUT2D eigenvalue weighted by Gasteiger charge is 2.30. The normalized spacial score (nSPS) is 16.1. The number of allylic oxidation sites excluding steroid dienone is 6. The Bertz CT molecular complexity index is 1000. The number of benzene rings is 2. The zero-order chi connectivity index (χ0) is 22.1. The Morgan fingerprint density at radius 3 is 2.65 bits per heavy atom. The number of fused-ring (bicyclic) bond motifs is 2. The van der Waals surface area contributed by atoms with E-state index in [-0.39, 0.29) is 18.5 Å². The van der Waals surface area contributed by atoms with Crippen LogP contribution in [0.25, 0.3) is 0 Å². The average Bonchev–Trinajstić information content (AvgIpc) is 2.91. The molecule has 31 heavy (non-hydrogen) atoms. The molecule has 0 saturated heterocycles. The Labute approximate surface area is 186 Å². The van der Waals surface area contributed by atoms with Gasteiger partial charge in [0.1, 0.15) is 6.61 Å². The molecule has 1 unspecified atom stereocenters. The lowest BCUT2D eigenvalue weighted by atomic mass is 9.92. The smallest absolute Gasteiger partial charge is 0.314 e. The van der Waals surface area contributed by atoms with Crippen LogP contribution in [0.2, 0.25) is 0 Å². The van der Waals surface area contributed by atoms with Crippen LogP contribution in [0.3, 0.4) is 0 Å². The summed E-state index contributed by atoms with van der Waals surface area (Å²) in [5.74, 6) is -0.498. The minimum Gasteiger partial charge on any atom is -0.461 e. The Kier molecular flexibility index (Phi) is 8.05. The molecule has 3 heteroatoms. The van der Waals surface area contributed by atoms with Crippen LogP contribution in [-0.4, -0.2) is 19.6 Å². The summed E-state index contributed by atoms with van der Waals surface area (Å²) in [6.45, 7) is 6.05. The minimum absolute atomic E-state index is 0.183. The first-order valence-electron chi connectivity index (χ1n) is 10.8. The Morgan fingerprint density at radius 1 is 1.10 bits per heavy atom. The first-order chi connectivity index (χ1) is 15.1. The maximum Gasteiger partial charge on any atom is 0.314 e. The number of rotatable bonds is 8. The Balaban J connectivity index is 1.65. The molecule has 0 bridgehead atoms. The SMILES string of the molecule is C=CC=CCC/C(C)=C\C=C/COC(=O)C1Cc2ccccc2N(C)c2ccccc21. The quantitative estimate of drug-likeness (QED) is 0.358. The van der Waals surface area contributed by atoms with Crippen molar-refractivity contribution >= 4 is 17.3 Å². The van der Waals surface area contributed by atoms with Crippen molar-refractivity contribution < 1.29 is 9.53 Å². The molecular weight excluding hydrogens is 382 g/mol. The molecule has 0 N–H and O–H groups in total. The summed E-state index contributed by atoms with van der Waals surface area (Å²) in [5.41, 5.74) is 5.64. The number of anilines is 2. The zero-order valence-electron chi connectivity index (χ0n) is 18.5. The lowest BCUT2D eigenvalue weighted by Crippen LogP contribution is -2.18. The maximum absolute atomic E-state index is 13.0. The van der Waals surface area contributed by atoms with Crippen LogP contribution in [0, 0.1) is 0 Å². The summed E-state index contributed by atoms with van der Waals surface area (Å²) < 4.78 is 5.64. The summed E-state index contributed by atoms with van der Waals surface area (Å²) >= 11 is 0. The second-order valence-electron chi connectivity index (χ2n) is 7.78. The van der Waals surface area contributed by atoms with Crippen LogP contribution in [0.4, 0.5) is 11.4 Å². The lowest BCUT2D eigenvalue weighted by Gasteiger charge is -2.22. The molecule has 3 rings (SSSR count). The second kappa shape index (κ2) is 11.2. The van der Waals surface area contributed by atoms with Gasteiger partial charge in [0, 0.05) is 18.4 Å². The molecule has 0 fully saturated rings. The minimum atomic E-state index is -0.315. The monoisotopic (exact) mass is 413 g/mol. The van der Waals surface area contributed by atoms with Gasteiger partial charge < -0.3 is 9.64 Å². The molecule has 1 aliphatic heterocycles. The second-order valence-corrected chi connectivity index (χ2v) is 7.78. The largest absolute Gasteiger partial charge is 0.461 e. The predicted octanol–water partition coefficient (Wildman–Crippen LogP) is 6.66. The molecule has 0 amide bonds. The topological polar surface area (TPSA) is 29.5 Å². The molecule has 0 saturated carbocycles. The summed E-state index contributed by atoms with van der Waals surface area (Å²) in [7, 11) is 2.05. The number of hydrogen-bond acceptors (Lipinski definition) is 3. The predicted molar refractivity (Wildman–Crippen MR) is 130 cm³/mol. The van der Waals surface area contributed by atoms with Crippen molar-refractivity contribution in [3.05, 3.63) is 108 Å². The van der Waals surface area contributed by atoms with Gasteiger partial charge in [-0.2, -0.15) is 0 Å². The van der Waals surface area contributed by atoms with E-state index in [1.807, 2.05) is 48.6 Å². The van der Waals surface area contributed by atoms with Crippen LogP contribution >= 0.6 is 0 Å². The van der Waals surface area contributed by atoms with Gasteiger partial charge >= 0.3 is 5.97 Å². The van der Waals surface area contributed by atoms with Crippen LogP contribution in [-0.2, 0) is 16.0 Å². The third-order valence-electron chi connectivity index (χ3n) is 5.55. The van der Waals surface area contributed by atoms with Gasteiger partial charge in [0.05, 0.1) is 5.92 Å². The van der Waals surface area contributed by atoms with E-state index in [1.165, 1.54) is 5.57 Å². The van der Waals surface area contributed by atoms with E-state index < -0.39 is 0 Å². The van der Waals surface area contributed by atoms with Gasteiger partial charge in [0.2, 0.25) is 0 Å².